The Balaban J connectivity index is 1.65. The van der Waals surface area contributed by atoms with Crippen molar-refractivity contribution in [3.8, 4) is 17.1 Å². The Kier molecular flexibility index (Phi) is 8.72. The van der Waals surface area contributed by atoms with Crippen LogP contribution < -0.4 is 4.74 Å². The molecule has 7 heteroatoms. The van der Waals surface area contributed by atoms with Crippen molar-refractivity contribution in [2.45, 2.75) is 53.5 Å². The molecule has 0 saturated heterocycles. The number of unbranched alkanes of at least 4 members (excludes halogenated alkanes) is 1. The molecule has 0 unspecified atom stereocenters. The monoisotopic (exact) mass is 486 g/mol. The van der Waals surface area contributed by atoms with Gasteiger partial charge >= 0.3 is 5.97 Å². The van der Waals surface area contributed by atoms with Gasteiger partial charge in [0.05, 0.1) is 30.2 Å². The average molecular weight is 487 g/mol. The molecule has 0 atom stereocenters. The van der Waals surface area contributed by atoms with Crippen LogP contribution in [0.15, 0.2) is 48.7 Å². The zero-order valence-corrected chi connectivity index (χ0v) is 21.0. The molecule has 1 aromatic heterocycles. The first-order valence-electron chi connectivity index (χ1n) is 11.6. The van der Waals surface area contributed by atoms with Gasteiger partial charge in [0.25, 0.3) is 0 Å². The summed E-state index contributed by atoms with van der Waals surface area (Å²) >= 11 is 5.85. The number of hydrogen-bond donors (Lipinski definition) is 0. The topological polar surface area (TPSA) is 53.4 Å². The average Bonchev–Trinajstić information content (AvgIpc) is 3.16. The number of imidazole rings is 1. The molecule has 0 aliphatic heterocycles. The summed E-state index contributed by atoms with van der Waals surface area (Å²) in [7, 11) is 0. The largest absolute Gasteiger partial charge is 0.493 e. The number of carbonyl (C=O) groups excluding carboxylic acids is 1. The first kappa shape index (κ1) is 25.8. The molecule has 0 aliphatic carbocycles. The number of rotatable bonds is 11. The number of aryl methyl sites for hydroxylation is 1. The number of halogens is 2. The summed E-state index contributed by atoms with van der Waals surface area (Å²) < 4.78 is 27.3. The molecular weight excluding hydrogens is 455 g/mol. The molecule has 0 bridgehead atoms. The van der Waals surface area contributed by atoms with Gasteiger partial charge in [-0.05, 0) is 71.2 Å². The van der Waals surface area contributed by atoms with Crippen molar-refractivity contribution in [3.63, 3.8) is 0 Å². The number of nitrogens with zero attached hydrogens (tertiary/aromatic N) is 2. The van der Waals surface area contributed by atoms with E-state index in [4.69, 9.17) is 21.1 Å². The summed E-state index contributed by atoms with van der Waals surface area (Å²) in [4.78, 5) is 16.5. The molecule has 182 valence electrons. The van der Waals surface area contributed by atoms with Gasteiger partial charge in [0.1, 0.15) is 17.4 Å². The Bertz CT molecular complexity index is 1130. The Hall–Kier alpha value is -2.86. The normalized spacial score (nSPS) is 11.5. The van der Waals surface area contributed by atoms with E-state index in [0.717, 1.165) is 36.3 Å². The minimum Gasteiger partial charge on any atom is -0.493 e. The molecule has 0 amide bonds. The van der Waals surface area contributed by atoms with Crippen LogP contribution in [0.2, 0.25) is 5.02 Å². The van der Waals surface area contributed by atoms with Gasteiger partial charge in [-0.1, -0.05) is 29.8 Å². The molecule has 0 saturated carbocycles. The van der Waals surface area contributed by atoms with E-state index in [1.807, 2.05) is 56.5 Å². The minimum atomic E-state index is -0.496. The lowest BCUT2D eigenvalue weighted by Gasteiger charge is -2.22. The molecule has 0 radical (unpaired) electrons. The third-order valence-corrected chi connectivity index (χ3v) is 6.12. The van der Waals surface area contributed by atoms with Gasteiger partial charge in [0, 0.05) is 23.0 Å². The zero-order chi connectivity index (χ0) is 24.7. The lowest BCUT2D eigenvalue weighted by Crippen LogP contribution is -2.26. The number of ether oxygens (including phenoxy) is 2. The highest BCUT2D eigenvalue weighted by Gasteiger charge is 2.28. The van der Waals surface area contributed by atoms with E-state index in [1.165, 1.54) is 6.07 Å². The summed E-state index contributed by atoms with van der Waals surface area (Å²) in [6.07, 6.45) is 4.21. The maximum Gasteiger partial charge on any atom is 0.311 e. The van der Waals surface area contributed by atoms with E-state index in [9.17, 15) is 9.18 Å². The molecule has 0 N–H and O–H groups in total. The maximum atomic E-state index is 14.0. The zero-order valence-electron chi connectivity index (χ0n) is 20.2. The lowest BCUT2D eigenvalue weighted by molar-refractivity contribution is -0.153. The molecular formula is C27H32ClFN2O3. The van der Waals surface area contributed by atoms with Crippen LogP contribution in [0, 0.1) is 18.2 Å². The van der Waals surface area contributed by atoms with Crippen molar-refractivity contribution in [1.29, 1.82) is 0 Å². The number of benzene rings is 2. The van der Waals surface area contributed by atoms with Crippen molar-refractivity contribution in [2.24, 2.45) is 5.41 Å². The van der Waals surface area contributed by atoms with E-state index in [2.05, 4.69) is 4.98 Å². The molecule has 0 aliphatic rings. The molecule has 0 spiro atoms. The Morgan fingerprint density at radius 2 is 1.94 bits per heavy atom. The first-order valence-corrected chi connectivity index (χ1v) is 12.0. The van der Waals surface area contributed by atoms with Crippen LogP contribution in [0.1, 0.15) is 51.3 Å². The molecule has 1 heterocycles. The van der Waals surface area contributed by atoms with Gasteiger partial charge in [-0.25, -0.2) is 9.37 Å². The Morgan fingerprint density at radius 3 is 2.68 bits per heavy atom. The fourth-order valence-electron chi connectivity index (χ4n) is 3.75. The van der Waals surface area contributed by atoms with Crippen LogP contribution >= 0.6 is 11.6 Å². The van der Waals surface area contributed by atoms with Crippen molar-refractivity contribution in [3.05, 3.63) is 70.8 Å². The van der Waals surface area contributed by atoms with Crippen molar-refractivity contribution < 1.29 is 18.7 Å². The van der Waals surface area contributed by atoms with Gasteiger partial charge in [0.2, 0.25) is 0 Å². The Labute approximate surface area is 205 Å². The number of esters is 1. The molecule has 3 rings (SSSR count). The lowest BCUT2D eigenvalue weighted by atomic mass is 9.87. The van der Waals surface area contributed by atoms with Gasteiger partial charge in [0.15, 0.2) is 0 Å². The summed E-state index contributed by atoms with van der Waals surface area (Å²) in [5, 5.41) is 0.0861. The highest BCUT2D eigenvalue weighted by molar-refractivity contribution is 6.30. The predicted molar refractivity (Wildman–Crippen MR) is 133 cm³/mol. The van der Waals surface area contributed by atoms with E-state index in [-0.39, 0.29) is 11.0 Å². The number of aromatic nitrogens is 2. The Morgan fingerprint density at radius 1 is 1.18 bits per heavy atom. The van der Waals surface area contributed by atoms with Crippen LogP contribution in [0.25, 0.3) is 11.4 Å². The molecule has 34 heavy (non-hydrogen) atoms. The second-order valence-corrected chi connectivity index (χ2v) is 9.36. The summed E-state index contributed by atoms with van der Waals surface area (Å²) in [6, 6.07) is 12.6. The van der Waals surface area contributed by atoms with Crippen molar-refractivity contribution in [1.82, 2.24) is 9.55 Å². The predicted octanol–water partition coefficient (Wildman–Crippen LogP) is 6.84. The van der Waals surface area contributed by atoms with E-state index >= 15 is 0 Å². The van der Waals surface area contributed by atoms with Crippen LogP contribution in [0.3, 0.4) is 0 Å². The second-order valence-electron chi connectivity index (χ2n) is 8.96. The molecule has 2 aromatic carbocycles. The van der Waals surface area contributed by atoms with E-state index in [0.29, 0.717) is 31.1 Å². The third kappa shape index (κ3) is 6.38. The fraction of sp³-hybridized carbons (Fsp3) is 0.407. The minimum absolute atomic E-state index is 0.0861. The maximum absolute atomic E-state index is 14.0. The summed E-state index contributed by atoms with van der Waals surface area (Å²) in [6.45, 7) is 9.11. The molecule has 5 nitrogen and oxygen atoms in total. The van der Waals surface area contributed by atoms with Crippen LogP contribution in [0.4, 0.5) is 4.39 Å². The summed E-state index contributed by atoms with van der Waals surface area (Å²) in [5.74, 6) is 0.840. The second kappa shape index (κ2) is 11.5. The third-order valence-electron chi connectivity index (χ3n) is 5.82. The van der Waals surface area contributed by atoms with Crippen LogP contribution in [-0.2, 0) is 16.1 Å². The number of para-hydroxylation sites is 1. The quantitative estimate of drug-likeness (QED) is 0.220. The highest BCUT2D eigenvalue weighted by Crippen LogP contribution is 2.28. The van der Waals surface area contributed by atoms with Crippen molar-refractivity contribution >= 4 is 17.6 Å². The van der Waals surface area contributed by atoms with Gasteiger partial charge < -0.3 is 14.0 Å². The fourth-order valence-corrected chi connectivity index (χ4v) is 3.87. The molecule has 0 fully saturated rings. The van der Waals surface area contributed by atoms with Gasteiger partial charge in [-0.3, -0.25) is 4.79 Å². The first-order chi connectivity index (χ1) is 16.2. The van der Waals surface area contributed by atoms with E-state index in [1.54, 1.807) is 18.3 Å². The van der Waals surface area contributed by atoms with Gasteiger partial charge in [-0.15, -0.1) is 0 Å². The summed E-state index contributed by atoms with van der Waals surface area (Å²) in [5.41, 5.74) is 2.13. The number of hydrogen-bond acceptors (Lipinski definition) is 4. The van der Waals surface area contributed by atoms with E-state index < -0.39 is 11.2 Å². The van der Waals surface area contributed by atoms with Crippen molar-refractivity contribution in [2.75, 3.05) is 13.2 Å². The molecule has 3 aromatic rings. The van der Waals surface area contributed by atoms with Crippen LogP contribution in [0.5, 0.6) is 5.75 Å². The number of carbonyl (C=O) groups is 1. The highest BCUT2D eigenvalue weighted by atomic mass is 35.5. The SMILES string of the molecule is CCOC(=O)C(C)(C)CCCCOc1ccccc1Cn1c(C)cnc1-c1ccc(Cl)c(F)c1. The smallest absolute Gasteiger partial charge is 0.311 e. The van der Waals surface area contributed by atoms with Gasteiger partial charge in [-0.2, -0.15) is 0 Å². The van der Waals surface area contributed by atoms with Crippen LogP contribution in [-0.4, -0.2) is 28.7 Å². The standard InChI is InChI=1S/C27H32ClFN2O3/c1-5-33-26(32)27(3,4)14-8-9-15-34-24-11-7-6-10-21(24)18-31-19(2)17-30-25(31)20-12-13-22(28)23(29)16-20/h6-7,10-13,16-17H,5,8-9,14-15,18H2,1-4H3.